The topological polar surface area (TPSA) is 86.7 Å². The van der Waals surface area contributed by atoms with E-state index in [1.165, 1.54) is 19.2 Å². The zero-order valence-corrected chi connectivity index (χ0v) is 11.6. The second-order valence-electron chi connectivity index (χ2n) is 4.60. The molecular formula is C15H11N3O4. The molecular weight excluding hydrogens is 286 g/mol. The van der Waals surface area contributed by atoms with Gasteiger partial charge in [-0.2, -0.15) is 0 Å². The number of rotatable bonds is 3. The molecule has 7 heteroatoms. The van der Waals surface area contributed by atoms with Crippen LogP contribution in [-0.2, 0) is 4.74 Å². The largest absolute Gasteiger partial charge is 0.465 e. The van der Waals surface area contributed by atoms with E-state index in [1.54, 1.807) is 41.1 Å². The predicted molar refractivity (Wildman–Crippen MR) is 78.6 cm³/mol. The summed E-state index contributed by atoms with van der Waals surface area (Å²) in [6.07, 6.45) is 3.38. The summed E-state index contributed by atoms with van der Waals surface area (Å²) in [5.74, 6) is -0.424. The molecule has 7 nitrogen and oxygen atoms in total. The number of imidazole rings is 1. The molecule has 0 N–H and O–H groups in total. The first-order valence-corrected chi connectivity index (χ1v) is 6.40. The third-order valence-electron chi connectivity index (χ3n) is 3.25. The van der Waals surface area contributed by atoms with Crippen LogP contribution in [0.3, 0.4) is 0 Å². The summed E-state index contributed by atoms with van der Waals surface area (Å²) in [6.45, 7) is 0. The van der Waals surface area contributed by atoms with E-state index in [9.17, 15) is 14.9 Å². The van der Waals surface area contributed by atoms with Gasteiger partial charge < -0.3 is 9.14 Å². The number of hydrogen-bond donors (Lipinski definition) is 0. The van der Waals surface area contributed by atoms with Gasteiger partial charge in [0.25, 0.3) is 5.69 Å². The maximum atomic E-state index is 11.5. The molecule has 0 bridgehead atoms. The van der Waals surface area contributed by atoms with Gasteiger partial charge in [0.05, 0.1) is 23.3 Å². The molecule has 0 fully saturated rings. The second kappa shape index (κ2) is 5.28. The molecule has 0 aliphatic heterocycles. The highest BCUT2D eigenvalue weighted by Gasteiger charge is 2.10. The van der Waals surface area contributed by atoms with Crippen molar-refractivity contribution in [2.75, 3.05) is 7.11 Å². The van der Waals surface area contributed by atoms with E-state index in [-0.39, 0.29) is 5.69 Å². The zero-order chi connectivity index (χ0) is 15.7. The van der Waals surface area contributed by atoms with Gasteiger partial charge in [-0.1, -0.05) is 0 Å². The number of non-ortho nitro benzene ring substituents is 1. The third-order valence-corrected chi connectivity index (χ3v) is 3.25. The van der Waals surface area contributed by atoms with Crippen molar-refractivity contribution < 1.29 is 14.5 Å². The number of esters is 1. The highest BCUT2D eigenvalue weighted by atomic mass is 16.6. The highest BCUT2D eigenvalue weighted by molar-refractivity contribution is 5.89. The van der Waals surface area contributed by atoms with Crippen LogP contribution >= 0.6 is 0 Å². The average Bonchev–Trinajstić information content (AvgIpc) is 2.97. The fourth-order valence-corrected chi connectivity index (χ4v) is 2.12. The summed E-state index contributed by atoms with van der Waals surface area (Å²) >= 11 is 0. The Kier molecular flexibility index (Phi) is 3.30. The predicted octanol–water partition coefficient (Wildman–Crippen LogP) is 2.70. The molecule has 0 radical (unpaired) electrons. The Bertz CT molecular complexity index is 868. The van der Waals surface area contributed by atoms with Crippen molar-refractivity contribution in [1.29, 1.82) is 0 Å². The smallest absolute Gasteiger partial charge is 0.339 e. The lowest BCUT2D eigenvalue weighted by Crippen LogP contribution is -2.02. The number of ether oxygens (including phenoxy) is 1. The number of benzene rings is 1. The van der Waals surface area contributed by atoms with Gasteiger partial charge >= 0.3 is 5.97 Å². The Balaban J connectivity index is 2.01. The van der Waals surface area contributed by atoms with Gasteiger partial charge in [0.1, 0.15) is 5.65 Å². The molecule has 3 rings (SSSR count). The average molecular weight is 297 g/mol. The van der Waals surface area contributed by atoms with Crippen LogP contribution in [0.25, 0.3) is 16.9 Å². The number of hydrogen-bond acceptors (Lipinski definition) is 5. The van der Waals surface area contributed by atoms with Crippen LogP contribution in [0.1, 0.15) is 10.4 Å². The molecule has 0 aliphatic carbocycles. The van der Waals surface area contributed by atoms with E-state index in [1.807, 2.05) is 0 Å². The highest BCUT2D eigenvalue weighted by Crippen LogP contribution is 2.22. The molecule has 0 saturated carbocycles. The molecule has 2 heterocycles. The summed E-state index contributed by atoms with van der Waals surface area (Å²) in [5.41, 5.74) is 2.54. The van der Waals surface area contributed by atoms with Gasteiger partial charge in [0.15, 0.2) is 0 Å². The van der Waals surface area contributed by atoms with Gasteiger partial charge in [-0.3, -0.25) is 10.1 Å². The summed E-state index contributed by atoms with van der Waals surface area (Å²) in [4.78, 5) is 26.2. The number of nitro benzene ring substituents is 1. The van der Waals surface area contributed by atoms with E-state index in [4.69, 9.17) is 0 Å². The van der Waals surface area contributed by atoms with Gasteiger partial charge in [-0.25, -0.2) is 9.78 Å². The van der Waals surface area contributed by atoms with E-state index in [0.29, 0.717) is 16.9 Å². The Morgan fingerprint density at radius 3 is 2.55 bits per heavy atom. The first-order chi connectivity index (χ1) is 10.6. The van der Waals surface area contributed by atoms with Gasteiger partial charge in [0.2, 0.25) is 0 Å². The third kappa shape index (κ3) is 2.39. The molecule has 0 saturated heterocycles. The van der Waals surface area contributed by atoms with Crippen LogP contribution in [0.15, 0.2) is 48.8 Å². The molecule has 3 aromatic rings. The van der Waals surface area contributed by atoms with Crippen LogP contribution in [0.5, 0.6) is 0 Å². The number of carbonyl (C=O) groups is 1. The number of nitrogens with zero attached hydrogens (tertiary/aromatic N) is 3. The minimum Gasteiger partial charge on any atom is -0.465 e. The fourth-order valence-electron chi connectivity index (χ4n) is 2.12. The summed E-state index contributed by atoms with van der Waals surface area (Å²) < 4.78 is 6.39. The molecule has 1 aromatic carbocycles. The lowest BCUT2D eigenvalue weighted by Gasteiger charge is -1.99. The fraction of sp³-hybridized carbons (Fsp3) is 0.0667. The van der Waals surface area contributed by atoms with Crippen LogP contribution in [0.2, 0.25) is 0 Å². The molecule has 2 aromatic heterocycles. The first kappa shape index (κ1) is 13.7. The normalized spacial score (nSPS) is 10.6. The molecule has 0 spiro atoms. The Morgan fingerprint density at radius 1 is 1.18 bits per heavy atom. The number of fused-ring (bicyclic) bond motifs is 1. The number of aromatic nitrogens is 2. The SMILES string of the molecule is COC(=O)c1ccc2nc(-c3ccc([N+](=O)[O-])cc3)cn2c1. The molecule has 110 valence electrons. The van der Waals surface area contributed by atoms with Crippen molar-refractivity contribution in [3.05, 3.63) is 64.5 Å². The maximum absolute atomic E-state index is 11.5. The second-order valence-corrected chi connectivity index (χ2v) is 4.60. The van der Waals surface area contributed by atoms with Crippen molar-refractivity contribution in [3.8, 4) is 11.3 Å². The molecule has 22 heavy (non-hydrogen) atoms. The Labute approximate surface area is 124 Å². The lowest BCUT2D eigenvalue weighted by molar-refractivity contribution is -0.384. The van der Waals surface area contributed by atoms with Gasteiger partial charge in [0, 0.05) is 30.1 Å². The first-order valence-electron chi connectivity index (χ1n) is 6.40. The number of nitro groups is 1. The standard InChI is InChI=1S/C15H11N3O4/c1-22-15(19)11-4-7-14-16-13(9-17(14)8-11)10-2-5-12(6-3-10)18(20)21/h2-9H,1H3. The van der Waals surface area contributed by atoms with Gasteiger partial charge in [-0.05, 0) is 24.3 Å². The molecule has 0 unspecified atom stereocenters. The van der Waals surface area contributed by atoms with Crippen molar-refractivity contribution in [3.63, 3.8) is 0 Å². The Hall–Kier alpha value is -3.22. The van der Waals surface area contributed by atoms with Crippen LogP contribution < -0.4 is 0 Å². The number of carbonyl (C=O) groups excluding carboxylic acids is 1. The maximum Gasteiger partial charge on any atom is 0.339 e. The number of methoxy groups -OCH3 is 1. The van der Waals surface area contributed by atoms with Crippen LogP contribution in [0.4, 0.5) is 5.69 Å². The van der Waals surface area contributed by atoms with Crippen molar-refractivity contribution >= 4 is 17.3 Å². The summed E-state index contributed by atoms with van der Waals surface area (Å²) in [7, 11) is 1.32. The van der Waals surface area contributed by atoms with E-state index in [2.05, 4.69) is 9.72 Å². The van der Waals surface area contributed by atoms with Crippen LogP contribution in [-0.4, -0.2) is 27.4 Å². The molecule has 0 atom stereocenters. The lowest BCUT2D eigenvalue weighted by atomic mass is 10.1. The van der Waals surface area contributed by atoms with Crippen molar-refractivity contribution in [2.45, 2.75) is 0 Å². The van der Waals surface area contributed by atoms with Gasteiger partial charge in [-0.15, -0.1) is 0 Å². The van der Waals surface area contributed by atoms with E-state index in [0.717, 1.165) is 5.56 Å². The molecule has 0 aliphatic rings. The number of pyridine rings is 1. The van der Waals surface area contributed by atoms with Crippen LogP contribution in [0, 0.1) is 10.1 Å². The minimum atomic E-state index is -0.448. The minimum absolute atomic E-state index is 0.0282. The summed E-state index contributed by atoms with van der Waals surface area (Å²) in [5, 5.41) is 10.7. The molecule has 0 amide bonds. The van der Waals surface area contributed by atoms with Crippen molar-refractivity contribution in [2.24, 2.45) is 0 Å². The summed E-state index contributed by atoms with van der Waals surface area (Å²) in [6, 6.07) is 9.48. The van der Waals surface area contributed by atoms with E-state index >= 15 is 0 Å². The quantitative estimate of drug-likeness (QED) is 0.421. The van der Waals surface area contributed by atoms with E-state index < -0.39 is 10.9 Å². The zero-order valence-electron chi connectivity index (χ0n) is 11.6. The Morgan fingerprint density at radius 2 is 1.91 bits per heavy atom. The monoisotopic (exact) mass is 297 g/mol. The van der Waals surface area contributed by atoms with Crippen molar-refractivity contribution in [1.82, 2.24) is 9.38 Å².